The fraction of sp³-hybridized carbons (Fsp3) is 1.00. The van der Waals surface area contributed by atoms with Crippen molar-refractivity contribution in [2.75, 3.05) is 26.7 Å². The van der Waals surface area contributed by atoms with Crippen molar-refractivity contribution in [3.05, 3.63) is 0 Å². The van der Waals surface area contributed by atoms with Gasteiger partial charge in [0, 0.05) is 25.7 Å². The van der Waals surface area contributed by atoms with E-state index in [1.807, 2.05) is 0 Å². The summed E-state index contributed by atoms with van der Waals surface area (Å²) in [7, 11) is 2.20. The van der Waals surface area contributed by atoms with Gasteiger partial charge in [0.05, 0.1) is 5.60 Å². The van der Waals surface area contributed by atoms with Crippen LogP contribution in [0.5, 0.6) is 0 Å². The zero-order valence-corrected chi connectivity index (χ0v) is 9.84. The molecular formula is C12H24N2O. The van der Waals surface area contributed by atoms with E-state index in [1.54, 1.807) is 0 Å². The Morgan fingerprint density at radius 1 is 1.33 bits per heavy atom. The first-order valence-electron chi connectivity index (χ1n) is 6.33. The summed E-state index contributed by atoms with van der Waals surface area (Å²) in [6, 6.07) is 0.848. The van der Waals surface area contributed by atoms with Gasteiger partial charge in [0.2, 0.25) is 0 Å². The molecule has 0 unspecified atom stereocenters. The van der Waals surface area contributed by atoms with Crippen molar-refractivity contribution in [2.24, 2.45) is 0 Å². The molecule has 3 heteroatoms. The van der Waals surface area contributed by atoms with Gasteiger partial charge in [0.25, 0.3) is 0 Å². The lowest BCUT2D eigenvalue weighted by molar-refractivity contribution is 0.0474. The first-order chi connectivity index (χ1) is 7.20. The van der Waals surface area contributed by atoms with Crippen LogP contribution in [0.25, 0.3) is 0 Å². The molecular weight excluding hydrogens is 188 g/mol. The smallest absolute Gasteiger partial charge is 0.0771 e. The molecule has 0 aromatic rings. The van der Waals surface area contributed by atoms with Gasteiger partial charge in [-0.25, -0.2) is 0 Å². The highest BCUT2D eigenvalue weighted by Gasteiger charge is 2.30. The van der Waals surface area contributed by atoms with Crippen molar-refractivity contribution in [1.82, 2.24) is 10.2 Å². The van der Waals surface area contributed by atoms with Crippen molar-refractivity contribution < 1.29 is 5.11 Å². The highest BCUT2D eigenvalue weighted by atomic mass is 16.3. The summed E-state index contributed by atoms with van der Waals surface area (Å²) in [5.41, 5.74) is -0.391. The number of hydrogen-bond acceptors (Lipinski definition) is 3. The van der Waals surface area contributed by atoms with Crippen molar-refractivity contribution in [2.45, 2.75) is 50.2 Å². The van der Waals surface area contributed by atoms with Gasteiger partial charge in [-0.2, -0.15) is 0 Å². The molecule has 2 aliphatic rings. The van der Waals surface area contributed by atoms with E-state index < -0.39 is 5.60 Å². The van der Waals surface area contributed by atoms with Gasteiger partial charge in [-0.15, -0.1) is 0 Å². The number of nitrogens with zero attached hydrogens (tertiary/aromatic N) is 1. The number of hydrogen-bond donors (Lipinski definition) is 2. The average molecular weight is 212 g/mol. The normalized spacial score (nSPS) is 25.0. The van der Waals surface area contributed by atoms with Crippen LogP contribution in [0.4, 0.5) is 0 Å². The van der Waals surface area contributed by atoms with Crippen LogP contribution in [0.15, 0.2) is 0 Å². The molecule has 0 aliphatic heterocycles. The van der Waals surface area contributed by atoms with Crippen LogP contribution in [0, 0.1) is 0 Å². The molecule has 0 aromatic heterocycles. The van der Waals surface area contributed by atoms with Gasteiger partial charge in [-0.1, -0.05) is 12.8 Å². The van der Waals surface area contributed by atoms with Crippen molar-refractivity contribution in [1.29, 1.82) is 0 Å². The molecule has 88 valence electrons. The van der Waals surface area contributed by atoms with Crippen LogP contribution >= 0.6 is 0 Å². The zero-order chi connectivity index (χ0) is 10.7. The van der Waals surface area contributed by atoms with E-state index in [2.05, 4.69) is 17.3 Å². The minimum Gasteiger partial charge on any atom is -0.389 e. The lowest BCUT2D eigenvalue weighted by Gasteiger charge is -2.23. The highest BCUT2D eigenvalue weighted by Crippen LogP contribution is 2.28. The summed E-state index contributed by atoms with van der Waals surface area (Å²) in [6.45, 7) is 2.90. The summed E-state index contributed by atoms with van der Waals surface area (Å²) < 4.78 is 0. The zero-order valence-electron chi connectivity index (χ0n) is 9.84. The Bertz CT molecular complexity index is 198. The van der Waals surface area contributed by atoms with E-state index in [0.717, 1.165) is 38.5 Å². The summed E-state index contributed by atoms with van der Waals surface area (Å²) >= 11 is 0. The van der Waals surface area contributed by atoms with E-state index in [1.165, 1.54) is 25.7 Å². The van der Waals surface area contributed by atoms with E-state index in [4.69, 9.17) is 0 Å². The predicted octanol–water partition coefficient (Wildman–Crippen LogP) is 0.975. The van der Waals surface area contributed by atoms with Gasteiger partial charge < -0.3 is 15.3 Å². The number of nitrogens with one attached hydrogen (secondary N) is 1. The molecule has 2 saturated carbocycles. The topological polar surface area (TPSA) is 35.5 Å². The molecule has 0 atom stereocenters. The molecule has 0 bridgehead atoms. The Kier molecular flexibility index (Phi) is 3.65. The van der Waals surface area contributed by atoms with Crippen LogP contribution in [0.3, 0.4) is 0 Å². The maximum absolute atomic E-state index is 10.1. The van der Waals surface area contributed by atoms with Gasteiger partial charge in [0.1, 0.15) is 0 Å². The second-order valence-corrected chi connectivity index (χ2v) is 5.32. The fourth-order valence-corrected chi connectivity index (χ4v) is 2.48. The summed E-state index contributed by atoms with van der Waals surface area (Å²) in [4.78, 5) is 2.42. The largest absolute Gasteiger partial charge is 0.389 e. The summed E-state index contributed by atoms with van der Waals surface area (Å²) in [6.07, 6.45) is 7.11. The van der Waals surface area contributed by atoms with Crippen molar-refractivity contribution >= 4 is 0 Å². The van der Waals surface area contributed by atoms with Gasteiger partial charge in [-0.05, 0) is 32.7 Å². The van der Waals surface area contributed by atoms with Crippen LogP contribution in [0.1, 0.15) is 38.5 Å². The average Bonchev–Trinajstić information content (AvgIpc) is 2.98. The molecule has 0 saturated heterocycles. The van der Waals surface area contributed by atoms with Crippen LogP contribution in [-0.4, -0.2) is 48.3 Å². The minimum atomic E-state index is -0.391. The Morgan fingerprint density at radius 3 is 2.60 bits per heavy atom. The van der Waals surface area contributed by atoms with Crippen molar-refractivity contribution in [3.8, 4) is 0 Å². The van der Waals surface area contributed by atoms with Gasteiger partial charge >= 0.3 is 0 Å². The highest BCUT2D eigenvalue weighted by molar-refractivity contribution is 4.87. The first-order valence-corrected chi connectivity index (χ1v) is 6.33. The standard InChI is InChI=1S/C12H24N2O/c1-14(11-4-5-11)9-8-13-10-12(15)6-2-3-7-12/h11,13,15H,2-10H2,1H3. The van der Waals surface area contributed by atoms with Crippen LogP contribution in [0.2, 0.25) is 0 Å². The Morgan fingerprint density at radius 2 is 2.00 bits per heavy atom. The molecule has 0 aromatic carbocycles. The van der Waals surface area contributed by atoms with E-state index in [0.29, 0.717) is 0 Å². The monoisotopic (exact) mass is 212 g/mol. The molecule has 0 radical (unpaired) electrons. The quantitative estimate of drug-likeness (QED) is 0.644. The molecule has 3 nitrogen and oxygen atoms in total. The number of rotatable bonds is 6. The third kappa shape index (κ3) is 3.44. The van der Waals surface area contributed by atoms with Crippen LogP contribution in [-0.2, 0) is 0 Å². The van der Waals surface area contributed by atoms with Gasteiger partial charge in [0.15, 0.2) is 0 Å². The van der Waals surface area contributed by atoms with Crippen LogP contribution < -0.4 is 5.32 Å². The lowest BCUT2D eigenvalue weighted by atomic mass is 10.0. The van der Waals surface area contributed by atoms with Crippen molar-refractivity contribution in [3.63, 3.8) is 0 Å². The molecule has 2 rings (SSSR count). The summed E-state index contributed by atoms with van der Waals surface area (Å²) in [5.74, 6) is 0. The Hall–Kier alpha value is -0.120. The van der Waals surface area contributed by atoms with E-state index in [-0.39, 0.29) is 0 Å². The summed E-state index contributed by atoms with van der Waals surface area (Å²) in [5, 5.41) is 13.5. The predicted molar refractivity (Wildman–Crippen MR) is 61.9 cm³/mol. The molecule has 0 heterocycles. The third-order valence-corrected chi connectivity index (χ3v) is 3.80. The third-order valence-electron chi connectivity index (χ3n) is 3.80. The Labute approximate surface area is 92.8 Å². The maximum Gasteiger partial charge on any atom is 0.0771 e. The second kappa shape index (κ2) is 4.81. The SMILES string of the molecule is CN(CCNCC1(O)CCCC1)C1CC1. The fourth-order valence-electron chi connectivity index (χ4n) is 2.48. The molecule has 2 fully saturated rings. The van der Waals surface area contributed by atoms with E-state index >= 15 is 0 Å². The minimum absolute atomic E-state index is 0.391. The Balaban J connectivity index is 1.54. The molecule has 0 spiro atoms. The van der Waals surface area contributed by atoms with Gasteiger partial charge in [-0.3, -0.25) is 0 Å². The molecule has 2 aliphatic carbocycles. The molecule has 2 N–H and O–H groups in total. The van der Waals surface area contributed by atoms with E-state index in [9.17, 15) is 5.11 Å². The molecule has 15 heavy (non-hydrogen) atoms. The number of aliphatic hydroxyl groups is 1. The molecule has 0 amide bonds. The second-order valence-electron chi connectivity index (χ2n) is 5.32. The lowest BCUT2D eigenvalue weighted by Crippen LogP contribution is -2.41. The maximum atomic E-state index is 10.1. The first kappa shape index (κ1) is 11.4. The number of likely N-dealkylation sites (N-methyl/N-ethyl adjacent to an activating group) is 1.